The van der Waals surface area contributed by atoms with Crippen LogP contribution >= 0.6 is 7.60 Å². The van der Waals surface area contributed by atoms with E-state index in [9.17, 15) is 38.6 Å². The zero-order valence-corrected chi connectivity index (χ0v) is 26.0. The molecule has 1 fully saturated rings. The van der Waals surface area contributed by atoms with Gasteiger partial charge in [-0.15, -0.1) is 0 Å². The summed E-state index contributed by atoms with van der Waals surface area (Å²) in [6.07, 6.45) is 0.980. The highest BCUT2D eigenvalue weighted by molar-refractivity contribution is 7.52. The lowest BCUT2D eigenvalue weighted by atomic mass is 9.81. The number of amides is 3. The molecule has 5 rings (SSSR count). The minimum atomic E-state index is -4.82. The fourth-order valence-electron chi connectivity index (χ4n) is 6.79. The molecular weight excluding hydrogens is 597 g/mol. The first kappa shape index (κ1) is 32.5. The average Bonchev–Trinajstić information content (AvgIpc) is 3.36. The summed E-state index contributed by atoms with van der Waals surface area (Å²) in [7, 11) is -4.82. The summed E-state index contributed by atoms with van der Waals surface area (Å²) in [5.74, 6) is -5.62. The van der Waals surface area contributed by atoms with Crippen molar-refractivity contribution in [3.05, 3.63) is 83.4 Å². The third-order valence-corrected chi connectivity index (χ3v) is 10.1. The molecule has 3 aromatic carbocycles. The minimum Gasteiger partial charge on any atom is -0.480 e. The van der Waals surface area contributed by atoms with Gasteiger partial charge in [-0.25, -0.2) is 4.79 Å². The lowest BCUT2D eigenvalue weighted by Crippen LogP contribution is -2.51. The smallest absolute Gasteiger partial charge is 0.342 e. The average molecular weight is 636 g/mol. The number of imide groups is 1. The number of hydrogen-bond donors (Lipinski definition) is 5. The van der Waals surface area contributed by atoms with E-state index in [1.165, 1.54) is 0 Å². The second kappa shape index (κ2) is 13.2. The van der Waals surface area contributed by atoms with Crippen molar-refractivity contribution in [2.75, 3.05) is 6.54 Å². The van der Waals surface area contributed by atoms with Crippen molar-refractivity contribution >= 4 is 42.1 Å². The number of aliphatic carboxylic acids is 1. The first-order valence-electron chi connectivity index (χ1n) is 15.1. The van der Waals surface area contributed by atoms with Crippen molar-refractivity contribution in [2.24, 2.45) is 17.8 Å². The first-order chi connectivity index (χ1) is 21.4. The monoisotopic (exact) mass is 635 g/mol. The van der Waals surface area contributed by atoms with E-state index in [1.54, 1.807) is 24.3 Å². The van der Waals surface area contributed by atoms with E-state index in [0.717, 1.165) is 15.8 Å². The Morgan fingerprint density at radius 2 is 1.56 bits per heavy atom. The van der Waals surface area contributed by atoms with Gasteiger partial charge in [0.05, 0.1) is 6.04 Å². The van der Waals surface area contributed by atoms with Gasteiger partial charge in [0.25, 0.3) is 11.8 Å². The van der Waals surface area contributed by atoms with Gasteiger partial charge >= 0.3 is 13.6 Å². The summed E-state index contributed by atoms with van der Waals surface area (Å²) in [4.78, 5) is 74.5. The molecular formula is C33H38N3O8P. The number of aryl methyl sites for hydroxylation is 1. The first-order valence-corrected chi connectivity index (χ1v) is 16.8. The van der Waals surface area contributed by atoms with E-state index in [4.69, 9.17) is 0 Å². The molecule has 2 heterocycles. The van der Waals surface area contributed by atoms with Crippen LogP contribution in [0.4, 0.5) is 0 Å². The number of carbonyl (C=O) groups excluding carboxylic acids is 3. The molecule has 0 bridgehead atoms. The van der Waals surface area contributed by atoms with Gasteiger partial charge in [0.1, 0.15) is 11.8 Å². The number of hydrogen-bond acceptors (Lipinski definition) is 6. The molecule has 2 aliphatic rings. The minimum absolute atomic E-state index is 0.0289. The van der Waals surface area contributed by atoms with E-state index in [2.05, 4.69) is 10.6 Å². The Morgan fingerprint density at radius 3 is 2.11 bits per heavy atom. The molecule has 2 aliphatic heterocycles. The predicted octanol–water partition coefficient (Wildman–Crippen LogP) is 3.78. The van der Waals surface area contributed by atoms with Crippen LogP contribution in [0, 0.1) is 17.8 Å². The van der Waals surface area contributed by atoms with Crippen LogP contribution in [0.15, 0.2) is 66.7 Å². The molecule has 0 aromatic heterocycles. The predicted molar refractivity (Wildman–Crippen MR) is 167 cm³/mol. The van der Waals surface area contributed by atoms with E-state index in [0.29, 0.717) is 29.4 Å². The molecule has 238 valence electrons. The lowest BCUT2D eigenvalue weighted by Gasteiger charge is -2.31. The highest BCUT2D eigenvalue weighted by Crippen LogP contribution is 2.52. The summed E-state index contributed by atoms with van der Waals surface area (Å²) in [6, 6.07) is 17.4. The summed E-state index contributed by atoms with van der Waals surface area (Å²) in [6.45, 7) is 3.74. The number of carboxylic acid groups (broad SMARTS) is 1. The van der Waals surface area contributed by atoms with Crippen LogP contribution in [0.3, 0.4) is 0 Å². The van der Waals surface area contributed by atoms with Crippen LogP contribution in [-0.2, 0) is 20.6 Å². The van der Waals surface area contributed by atoms with E-state index in [-0.39, 0.29) is 25.3 Å². The van der Waals surface area contributed by atoms with Gasteiger partial charge in [0.15, 0.2) is 0 Å². The maximum atomic E-state index is 13.6. The van der Waals surface area contributed by atoms with Crippen LogP contribution in [0.25, 0.3) is 10.8 Å². The van der Waals surface area contributed by atoms with Gasteiger partial charge in [-0.2, -0.15) is 0 Å². The van der Waals surface area contributed by atoms with Crippen LogP contribution in [-0.4, -0.2) is 67.9 Å². The highest BCUT2D eigenvalue weighted by atomic mass is 31.2. The number of nitrogens with zero attached hydrogens (tertiary/aromatic N) is 1. The van der Waals surface area contributed by atoms with Crippen molar-refractivity contribution in [3.8, 4) is 0 Å². The third kappa shape index (κ3) is 6.87. The zero-order chi connectivity index (χ0) is 32.5. The van der Waals surface area contributed by atoms with Crippen molar-refractivity contribution in [2.45, 2.75) is 57.4 Å². The Hall–Kier alpha value is -3.89. The summed E-state index contributed by atoms with van der Waals surface area (Å²) in [5.41, 5.74) is 1.67. The van der Waals surface area contributed by atoms with Gasteiger partial charge in [0, 0.05) is 23.1 Å². The molecule has 5 atom stereocenters. The van der Waals surface area contributed by atoms with Crippen molar-refractivity contribution < 1.29 is 38.6 Å². The summed E-state index contributed by atoms with van der Waals surface area (Å²) >= 11 is 0. The standard InChI is InChI=1S/C33H38N3O8P/c1-19(2)18-25-22(16-17-36-31(38)23-12-6-10-21-11-7-13-24(27(21)23)32(36)39)30(45(42,43)44)35-28(25)29(37)34-26(33(40)41)15-14-20-8-4-3-5-9-20/h3-13,19,22,25-26,28,30,35H,14-18H2,1-2H3,(H,34,37)(H,40,41)(H2,42,43,44)/t22-,25-,26+,28-,30-/m1/s1. The molecule has 11 nitrogen and oxygen atoms in total. The van der Waals surface area contributed by atoms with E-state index >= 15 is 0 Å². The summed E-state index contributed by atoms with van der Waals surface area (Å²) in [5, 5.41) is 16.6. The molecule has 0 radical (unpaired) electrons. The quantitative estimate of drug-likeness (QED) is 0.147. The van der Waals surface area contributed by atoms with Gasteiger partial charge < -0.3 is 20.2 Å². The molecule has 45 heavy (non-hydrogen) atoms. The van der Waals surface area contributed by atoms with Crippen molar-refractivity contribution in [1.29, 1.82) is 0 Å². The van der Waals surface area contributed by atoms with Crippen LogP contribution < -0.4 is 10.6 Å². The van der Waals surface area contributed by atoms with Crippen LogP contribution in [0.2, 0.25) is 0 Å². The fourth-order valence-corrected chi connectivity index (χ4v) is 8.02. The molecule has 12 heteroatoms. The molecule has 5 N–H and O–H groups in total. The lowest BCUT2D eigenvalue weighted by molar-refractivity contribution is -0.142. The molecule has 0 spiro atoms. The van der Waals surface area contributed by atoms with E-state index in [1.807, 2.05) is 56.3 Å². The number of carbonyl (C=O) groups is 4. The summed E-state index contributed by atoms with van der Waals surface area (Å²) < 4.78 is 12.8. The van der Waals surface area contributed by atoms with Gasteiger partial charge in [0.2, 0.25) is 5.91 Å². The normalized spacial score (nSPS) is 22.2. The topological polar surface area (TPSA) is 173 Å². The Morgan fingerprint density at radius 1 is 0.933 bits per heavy atom. The van der Waals surface area contributed by atoms with Crippen LogP contribution in [0.5, 0.6) is 0 Å². The zero-order valence-electron chi connectivity index (χ0n) is 25.1. The number of carboxylic acids is 1. The molecule has 0 aliphatic carbocycles. The van der Waals surface area contributed by atoms with Gasteiger partial charge in [-0.3, -0.25) is 29.2 Å². The van der Waals surface area contributed by atoms with Gasteiger partial charge in [-0.1, -0.05) is 68.4 Å². The van der Waals surface area contributed by atoms with Crippen molar-refractivity contribution in [3.63, 3.8) is 0 Å². The third-order valence-electron chi connectivity index (χ3n) is 8.84. The number of rotatable bonds is 12. The molecule has 0 unspecified atom stereocenters. The number of nitrogens with one attached hydrogen (secondary N) is 2. The second-order valence-corrected chi connectivity index (χ2v) is 14.1. The Labute approximate surface area is 261 Å². The highest BCUT2D eigenvalue weighted by Gasteiger charge is 2.52. The molecule has 3 amide bonds. The fraction of sp³-hybridized carbons (Fsp3) is 0.394. The molecule has 0 saturated carbocycles. The Balaban J connectivity index is 1.37. The molecule has 1 saturated heterocycles. The Kier molecular flexibility index (Phi) is 9.55. The molecule has 3 aromatic rings. The Bertz CT molecular complexity index is 1610. The van der Waals surface area contributed by atoms with Gasteiger partial charge in [-0.05, 0) is 66.5 Å². The maximum Gasteiger partial charge on any atom is 0.342 e. The second-order valence-electron chi connectivity index (χ2n) is 12.3. The largest absolute Gasteiger partial charge is 0.480 e. The maximum absolute atomic E-state index is 13.6. The van der Waals surface area contributed by atoms with Crippen molar-refractivity contribution in [1.82, 2.24) is 15.5 Å². The van der Waals surface area contributed by atoms with E-state index < -0.39 is 61.0 Å². The van der Waals surface area contributed by atoms with Crippen LogP contribution in [0.1, 0.15) is 59.4 Å². The SMILES string of the molecule is CC(C)C[C@@H]1[C@@H](CCN2C(=O)c3cccc4cccc(c34)C2=O)[C@@H](P(=O)(O)O)N[C@H]1C(=O)N[C@@H](CCc1ccccc1)C(=O)O. The number of benzene rings is 3.